The minimum atomic E-state index is -0.310. The lowest BCUT2D eigenvalue weighted by molar-refractivity contribution is 0.675. The van der Waals surface area contributed by atoms with E-state index >= 15 is 0 Å². The lowest BCUT2D eigenvalue weighted by Crippen LogP contribution is -2.27. The quantitative estimate of drug-likeness (QED) is 0.897. The van der Waals surface area contributed by atoms with Crippen molar-refractivity contribution in [2.45, 2.75) is 20.4 Å². The van der Waals surface area contributed by atoms with E-state index in [4.69, 9.17) is 5.73 Å². The summed E-state index contributed by atoms with van der Waals surface area (Å²) in [6.07, 6.45) is 0. The second-order valence-corrected chi connectivity index (χ2v) is 5.13. The van der Waals surface area contributed by atoms with Crippen molar-refractivity contribution in [3.63, 3.8) is 0 Å². The Labute approximate surface area is 110 Å². The molecule has 0 amide bonds. The maximum Gasteiger partial charge on any atom is 0.348 e. The summed E-state index contributed by atoms with van der Waals surface area (Å²) in [5.41, 5.74) is 7.46. The molecule has 0 fully saturated rings. The molecule has 0 aliphatic rings. The third kappa shape index (κ3) is 2.22. The Hall–Kier alpha value is -1.28. The zero-order chi connectivity index (χ0) is 12.6. The SMILES string of the molecule is Cc1nc(=O)n(Cc2nnsc2N)c(C)c1Br. The van der Waals surface area contributed by atoms with Crippen LogP contribution in [-0.2, 0) is 6.54 Å². The van der Waals surface area contributed by atoms with Gasteiger partial charge in [-0.05, 0) is 29.8 Å². The summed E-state index contributed by atoms with van der Waals surface area (Å²) in [6, 6.07) is 0. The molecule has 0 unspecified atom stereocenters. The molecule has 8 heteroatoms. The summed E-state index contributed by atoms with van der Waals surface area (Å²) in [5.74, 6) is 0. The lowest BCUT2D eigenvalue weighted by Gasteiger charge is -2.10. The van der Waals surface area contributed by atoms with E-state index in [9.17, 15) is 4.79 Å². The zero-order valence-corrected chi connectivity index (χ0v) is 11.7. The number of nitrogens with zero attached hydrogens (tertiary/aromatic N) is 4. The van der Waals surface area contributed by atoms with Gasteiger partial charge in [-0.3, -0.25) is 4.57 Å². The van der Waals surface area contributed by atoms with Gasteiger partial charge in [0.05, 0.1) is 16.7 Å². The summed E-state index contributed by atoms with van der Waals surface area (Å²) < 4.78 is 6.07. The van der Waals surface area contributed by atoms with Crippen molar-refractivity contribution in [1.29, 1.82) is 0 Å². The summed E-state index contributed by atoms with van der Waals surface area (Å²) >= 11 is 4.51. The monoisotopic (exact) mass is 315 g/mol. The molecular formula is C9H10BrN5OS. The first-order valence-electron chi connectivity index (χ1n) is 4.81. The Balaban J connectivity index is 2.51. The number of nitrogen functional groups attached to an aromatic ring is 1. The molecule has 6 nitrogen and oxygen atoms in total. The standard InChI is InChI=1S/C9H10BrN5OS/c1-4-7(10)5(2)15(9(16)12-4)3-6-8(11)17-14-13-6/h3,11H2,1-2H3. The highest BCUT2D eigenvalue weighted by Gasteiger charge is 2.12. The molecule has 0 saturated carbocycles. The van der Waals surface area contributed by atoms with E-state index in [1.807, 2.05) is 6.92 Å². The molecule has 0 aliphatic heterocycles. The normalized spacial score (nSPS) is 10.8. The van der Waals surface area contributed by atoms with Gasteiger partial charge in [0.25, 0.3) is 0 Å². The average molecular weight is 316 g/mol. The molecule has 2 aromatic rings. The van der Waals surface area contributed by atoms with Crippen LogP contribution in [0.15, 0.2) is 9.27 Å². The number of aromatic nitrogens is 4. The first kappa shape index (κ1) is 12.2. The van der Waals surface area contributed by atoms with E-state index in [1.54, 1.807) is 6.92 Å². The number of halogens is 1. The Morgan fingerprint density at radius 3 is 2.76 bits per heavy atom. The molecule has 0 spiro atoms. The van der Waals surface area contributed by atoms with Crippen molar-refractivity contribution < 1.29 is 0 Å². The molecule has 90 valence electrons. The predicted octanol–water partition coefficient (Wildman–Crippen LogP) is 1.10. The molecule has 17 heavy (non-hydrogen) atoms. The third-order valence-electron chi connectivity index (χ3n) is 2.43. The molecule has 0 aliphatic carbocycles. The van der Waals surface area contributed by atoms with Gasteiger partial charge in [-0.2, -0.15) is 4.98 Å². The van der Waals surface area contributed by atoms with Crippen LogP contribution in [0.3, 0.4) is 0 Å². The van der Waals surface area contributed by atoms with Crippen LogP contribution in [0.4, 0.5) is 5.00 Å². The van der Waals surface area contributed by atoms with Gasteiger partial charge in [0.1, 0.15) is 10.7 Å². The average Bonchev–Trinajstić information content (AvgIpc) is 2.67. The van der Waals surface area contributed by atoms with E-state index in [0.29, 0.717) is 22.9 Å². The van der Waals surface area contributed by atoms with Crippen LogP contribution in [0.25, 0.3) is 0 Å². The summed E-state index contributed by atoms with van der Waals surface area (Å²) in [4.78, 5) is 15.7. The largest absolute Gasteiger partial charge is 0.388 e. The molecule has 0 bridgehead atoms. The Morgan fingerprint density at radius 1 is 1.47 bits per heavy atom. The first-order valence-corrected chi connectivity index (χ1v) is 6.37. The second kappa shape index (κ2) is 4.53. The fourth-order valence-corrected chi connectivity index (χ4v) is 2.18. The van der Waals surface area contributed by atoms with Gasteiger partial charge in [0.2, 0.25) is 0 Å². The number of rotatable bonds is 2. The maximum absolute atomic E-state index is 11.8. The van der Waals surface area contributed by atoms with Crippen LogP contribution in [0.2, 0.25) is 0 Å². The fourth-order valence-electron chi connectivity index (χ4n) is 1.44. The number of hydrogen-bond acceptors (Lipinski definition) is 6. The molecule has 2 heterocycles. The Bertz CT molecular complexity index is 620. The van der Waals surface area contributed by atoms with Crippen molar-refractivity contribution in [1.82, 2.24) is 19.1 Å². The number of nitrogens with two attached hydrogens (primary N) is 1. The highest BCUT2D eigenvalue weighted by atomic mass is 79.9. The highest BCUT2D eigenvalue weighted by Crippen LogP contribution is 2.19. The molecular weight excluding hydrogens is 306 g/mol. The van der Waals surface area contributed by atoms with Gasteiger partial charge in [-0.25, -0.2) is 4.79 Å². The second-order valence-electron chi connectivity index (χ2n) is 3.55. The van der Waals surface area contributed by atoms with Crippen LogP contribution in [0.5, 0.6) is 0 Å². The first-order chi connectivity index (χ1) is 8.00. The third-order valence-corrected chi connectivity index (χ3v) is 4.17. The maximum atomic E-state index is 11.8. The van der Waals surface area contributed by atoms with E-state index in [1.165, 1.54) is 4.57 Å². The van der Waals surface area contributed by atoms with Crippen molar-refractivity contribution in [2.24, 2.45) is 0 Å². The molecule has 2 N–H and O–H groups in total. The smallest absolute Gasteiger partial charge is 0.348 e. The van der Waals surface area contributed by atoms with Crippen molar-refractivity contribution in [3.05, 3.63) is 32.0 Å². The van der Waals surface area contributed by atoms with Gasteiger partial charge in [-0.1, -0.05) is 4.49 Å². The topological polar surface area (TPSA) is 86.7 Å². The van der Waals surface area contributed by atoms with E-state index < -0.39 is 0 Å². The van der Waals surface area contributed by atoms with Gasteiger partial charge >= 0.3 is 5.69 Å². The number of hydrogen-bond donors (Lipinski definition) is 1. The van der Waals surface area contributed by atoms with Crippen molar-refractivity contribution >= 4 is 32.5 Å². The Morgan fingerprint density at radius 2 is 2.18 bits per heavy atom. The molecule has 2 rings (SSSR count). The van der Waals surface area contributed by atoms with E-state index in [-0.39, 0.29) is 5.69 Å². The Kier molecular flexibility index (Phi) is 3.25. The van der Waals surface area contributed by atoms with Crippen molar-refractivity contribution in [2.75, 3.05) is 5.73 Å². The van der Waals surface area contributed by atoms with Gasteiger partial charge in [0.15, 0.2) is 0 Å². The highest BCUT2D eigenvalue weighted by molar-refractivity contribution is 9.10. The van der Waals surface area contributed by atoms with Crippen LogP contribution < -0.4 is 11.4 Å². The summed E-state index contributed by atoms with van der Waals surface area (Å²) in [5, 5.41) is 4.41. The number of anilines is 1. The van der Waals surface area contributed by atoms with Crippen LogP contribution >= 0.6 is 27.5 Å². The summed E-state index contributed by atoms with van der Waals surface area (Å²) in [6.45, 7) is 3.91. The van der Waals surface area contributed by atoms with Crippen LogP contribution in [-0.4, -0.2) is 19.1 Å². The van der Waals surface area contributed by atoms with Crippen LogP contribution in [0.1, 0.15) is 17.1 Å². The molecule has 0 saturated heterocycles. The minimum Gasteiger partial charge on any atom is -0.388 e. The fraction of sp³-hybridized carbons (Fsp3) is 0.333. The molecule has 0 atom stereocenters. The number of aryl methyl sites for hydroxylation is 1. The van der Waals surface area contributed by atoms with Crippen molar-refractivity contribution in [3.8, 4) is 0 Å². The lowest BCUT2D eigenvalue weighted by atomic mass is 10.3. The van der Waals surface area contributed by atoms with Crippen LogP contribution in [0, 0.1) is 13.8 Å². The minimum absolute atomic E-state index is 0.291. The van der Waals surface area contributed by atoms with Gasteiger partial charge < -0.3 is 5.73 Å². The predicted molar refractivity (Wildman–Crippen MR) is 69.1 cm³/mol. The zero-order valence-electron chi connectivity index (χ0n) is 9.27. The molecule has 0 radical (unpaired) electrons. The van der Waals surface area contributed by atoms with Gasteiger partial charge in [-0.15, -0.1) is 5.10 Å². The van der Waals surface area contributed by atoms with Gasteiger partial charge in [0, 0.05) is 17.2 Å². The summed E-state index contributed by atoms with van der Waals surface area (Å²) in [7, 11) is 0. The van der Waals surface area contributed by atoms with E-state index in [0.717, 1.165) is 21.7 Å². The van der Waals surface area contributed by atoms with E-state index in [2.05, 4.69) is 30.5 Å². The molecule has 0 aromatic carbocycles. The molecule has 2 aromatic heterocycles.